The summed E-state index contributed by atoms with van der Waals surface area (Å²) in [6, 6.07) is 0.446. The monoisotopic (exact) mass is 342 g/mol. The molecular weight excluding hydrogens is 325 g/mol. The van der Waals surface area contributed by atoms with Gasteiger partial charge in [-0.3, -0.25) is 4.90 Å². The Balaban J connectivity index is 2.40. The number of halogens is 3. The van der Waals surface area contributed by atoms with Gasteiger partial charge < -0.3 is 9.26 Å². The second-order valence-corrected chi connectivity index (χ2v) is 5.44. The highest BCUT2D eigenvalue weighted by molar-refractivity contribution is 5.77. The molecule has 1 aromatic heterocycles. The first-order valence-electron chi connectivity index (χ1n) is 7.10. The zero-order valence-electron chi connectivity index (χ0n) is 13.7. The molecule has 2 rings (SSSR count). The van der Waals surface area contributed by atoms with Crippen molar-refractivity contribution in [1.82, 2.24) is 10.1 Å². The van der Waals surface area contributed by atoms with Crippen LogP contribution in [0.1, 0.15) is 28.6 Å². The Bertz CT molecular complexity index is 719. The molecular formula is C16H17F3N2O3. The van der Waals surface area contributed by atoms with E-state index in [0.717, 1.165) is 24.8 Å². The normalized spacial score (nSPS) is 12.5. The summed E-state index contributed by atoms with van der Waals surface area (Å²) < 4.78 is 50.0. The summed E-state index contributed by atoms with van der Waals surface area (Å²) in [5.41, 5.74) is 1.33. The van der Waals surface area contributed by atoms with Gasteiger partial charge in [0.2, 0.25) is 0 Å². The van der Waals surface area contributed by atoms with Crippen LogP contribution in [0.25, 0.3) is 0 Å². The molecule has 1 atom stereocenters. The number of likely N-dealkylation sites (N-methyl/N-ethyl adjacent to an activating group) is 1. The first-order chi connectivity index (χ1) is 11.3. The Hall–Kier alpha value is -2.35. The SMILES string of the molecule is COC(=O)C(c1cc(F)c(F)c(F)c1)N(C)Cc1c(C)noc1C. The predicted molar refractivity (Wildman–Crippen MR) is 78.5 cm³/mol. The molecule has 1 heterocycles. The van der Waals surface area contributed by atoms with Gasteiger partial charge >= 0.3 is 5.97 Å². The minimum atomic E-state index is -1.59. The van der Waals surface area contributed by atoms with Crippen LogP contribution in [-0.2, 0) is 16.1 Å². The Morgan fingerprint density at radius 1 is 1.29 bits per heavy atom. The van der Waals surface area contributed by atoms with Crippen molar-refractivity contribution in [3.8, 4) is 0 Å². The van der Waals surface area contributed by atoms with Crippen LogP contribution in [0.5, 0.6) is 0 Å². The van der Waals surface area contributed by atoms with Gasteiger partial charge in [-0.25, -0.2) is 18.0 Å². The molecule has 5 nitrogen and oxygen atoms in total. The molecule has 24 heavy (non-hydrogen) atoms. The van der Waals surface area contributed by atoms with Crippen LogP contribution in [0.2, 0.25) is 0 Å². The molecule has 0 fully saturated rings. The smallest absolute Gasteiger partial charge is 0.327 e. The van der Waals surface area contributed by atoms with Gasteiger partial charge in [-0.15, -0.1) is 0 Å². The number of esters is 1. The van der Waals surface area contributed by atoms with E-state index in [1.165, 1.54) is 4.90 Å². The van der Waals surface area contributed by atoms with E-state index < -0.39 is 29.5 Å². The molecule has 0 saturated heterocycles. The van der Waals surface area contributed by atoms with E-state index in [9.17, 15) is 18.0 Å². The van der Waals surface area contributed by atoms with Gasteiger partial charge in [-0.1, -0.05) is 5.16 Å². The first-order valence-corrected chi connectivity index (χ1v) is 7.10. The molecule has 0 bridgehead atoms. The number of carbonyl (C=O) groups is 1. The van der Waals surface area contributed by atoms with Gasteiger partial charge in [0.1, 0.15) is 11.8 Å². The fourth-order valence-corrected chi connectivity index (χ4v) is 2.48. The minimum absolute atomic E-state index is 0.0486. The van der Waals surface area contributed by atoms with Crippen molar-refractivity contribution in [2.75, 3.05) is 14.2 Å². The van der Waals surface area contributed by atoms with Gasteiger partial charge in [-0.2, -0.15) is 0 Å². The Kier molecular flexibility index (Phi) is 5.28. The van der Waals surface area contributed by atoms with E-state index in [1.54, 1.807) is 20.9 Å². The highest BCUT2D eigenvalue weighted by Gasteiger charge is 2.29. The second kappa shape index (κ2) is 7.04. The highest BCUT2D eigenvalue weighted by atomic mass is 19.2. The third kappa shape index (κ3) is 3.43. The summed E-state index contributed by atoms with van der Waals surface area (Å²) in [6.45, 7) is 3.68. The molecule has 0 amide bonds. The quantitative estimate of drug-likeness (QED) is 0.617. The van der Waals surface area contributed by atoms with E-state index >= 15 is 0 Å². The number of aromatic nitrogens is 1. The second-order valence-electron chi connectivity index (χ2n) is 5.44. The molecule has 1 aromatic carbocycles. The van der Waals surface area contributed by atoms with Crippen molar-refractivity contribution in [3.05, 3.63) is 52.2 Å². The molecule has 0 aliphatic rings. The van der Waals surface area contributed by atoms with Crippen molar-refractivity contribution >= 4 is 5.97 Å². The van der Waals surface area contributed by atoms with E-state index in [0.29, 0.717) is 11.5 Å². The summed E-state index contributed by atoms with van der Waals surface area (Å²) in [4.78, 5) is 13.6. The van der Waals surface area contributed by atoms with Crippen LogP contribution in [0, 0.1) is 31.3 Å². The van der Waals surface area contributed by atoms with E-state index in [-0.39, 0.29) is 12.1 Å². The molecule has 0 spiro atoms. The maximum Gasteiger partial charge on any atom is 0.327 e. The van der Waals surface area contributed by atoms with E-state index in [2.05, 4.69) is 5.16 Å². The number of nitrogens with zero attached hydrogens (tertiary/aromatic N) is 2. The van der Waals surface area contributed by atoms with Crippen molar-refractivity contribution in [3.63, 3.8) is 0 Å². The Labute approximate surface area is 137 Å². The third-order valence-electron chi connectivity index (χ3n) is 3.78. The highest BCUT2D eigenvalue weighted by Crippen LogP contribution is 2.27. The number of hydrogen-bond donors (Lipinski definition) is 0. The number of benzene rings is 1. The van der Waals surface area contributed by atoms with Gasteiger partial charge in [0.15, 0.2) is 17.5 Å². The summed E-state index contributed by atoms with van der Waals surface area (Å²) >= 11 is 0. The molecule has 1 unspecified atom stereocenters. The lowest BCUT2D eigenvalue weighted by Gasteiger charge is -2.26. The van der Waals surface area contributed by atoms with Crippen LogP contribution < -0.4 is 0 Å². The van der Waals surface area contributed by atoms with Crippen molar-refractivity contribution in [2.45, 2.75) is 26.4 Å². The van der Waals surface area contributed by atoms with Crippen LogP contribution in [0.15, 0.2) is 16.7 Å². The Morgan fingerprint density at radius 2 is 1.88 bits per heavy atom. The van der Waals surface area contributed by atoms with Crippen molar-refractivity contribution < 1.29 is 27.2 Å². The minimum Gasteiger partial charge on any atom is -0.468 e. The fraction of sp³-hybridized carbons (Fsp3) is 0.375. The van der Waals surface area contributed by atoms with E-state index in [4.69, 9.17) is 9.26 Å². The number of aryl methyl sites for hydroxylation is 2. The number of carbonyl (C=O) groups excluding carboxylic acids is 1. The number of methoxy groups -OCH3 is 1. The zero-order valence-corrected chi connectivity index (χ0v) is 13.7. The largest absolute Gasteiger partial charge is 0.468 e. The summed E-state index contributed by atoms with van der Waals surface area (Å²) in [6.07, 6.45) is 0. The van der Waals surface area contributed by atoms with Crippen LogP contribution in [0.4, 0.5) is 13.2 Å². The van der Waals surface area contributed by atoms with Gasteiger partial charge in [0.25, 0.3) is 0 Å². The molecule has 0 aliphatic carbocycles. The average molecular weight is 342 g/mol. The van der Waals surface area contributed by atoms with Crippen molar-refractivity contribution in [1.29, 1.82) is 0 Å². The lowest BCUT2D eigenvalue weighted by molar-refractivity contribution is -0.147. The summed E-state index contributed by atoms with van der Waals surface area (Å²) in [7, 11) is 2.74. The predicted octanol–water partition coefficient (Wildman–Crippen LogP) is 3.05. The Morgan fingerprint density at radius 3 is 2.33 bits per heavy atom. The van der Waals surface area contributed by atoms with Gasteiger partial charge in [0, 0.05) is 12.1 Å². The molecule has 0 radical (unpaired) electrons. The molecule has 2 aromatic rings. The summed E-state index contributed by atoms with van der Waals surface area (Å²) in [5.74, 6) is -4.49. The van der Waals surface area contributed by atoms with Crippen molar-refractivity contribution in [2.24, 2.45) is 0 Å². The standard InChI is InChI=1S/C16H17F3N2O3/c1-8-11(9(2)24-20-8)7-21(3)15(16(22)23-4)10-5-12(17)14(19)13(18)6-10/h5-6,15H,7H2,1-4H3. The average Bonchev–Trinajstić information content (AvgIpc) is 2.84. The molecule has 0 N–H and O–H groups in total. The fourth-order valence-electron chi connectivity index (χ4n) is 2.48. The first kappa shape index (κ1) is 18.0. The topological polar surface area (TPSA) is 55.6 Å². The maximum atomic E-state index is 13.5. The lowest BCUT2D eigenvalue weighted by Crippen LogP contribution is -2.32. The zero-order chi connectivity index (χ0) is 18.0. The van der Waals surface area contributed by atoms with Crippen LogP contribution in [-0.4, -0.2) is 30.2 Å². The number of ether oxygens (including phenoxy) is 1. The lowest BCUT2D eigenvalue weighted by atomic mass is 10.0. The van der Waals surface area contributed by atoms with E-state index in [1.807, 2.05) is 0 Å². The molecule has 130 valence electrons. The molecule has 0 aliphatic heterocycles. The summed E-state index contributed by atoms with van der Waals surface area (Å²) in [5, 5.41) is 3.82. The van der Waals surface area contributed by atoms with Gasteiger partial charge in [-0.05, 0) is 38.6 Å². The van der Waals surface area contributed by atoms with Crippen LogP contribution in [0.3, 0.4) is 0 Å². The number of rotatable bonds is 5. The third-order valence-corrected chi connectivity index (χ3v) is 3.78. The maximum absolute atomic E-state index is 13.5. The molecule has 8 heteroatoms. The number of hydrogen-bond acceptors (Lipinski definition) is 5. The van der Waals surface area contributed by atoms with Crippen LogP contribution >= 0.6 is 0 Å². The molecule has 0 saturated carbocycles. The van der Waals surface area contributed by atoms with Gasteiger partial charge in [0.05, 0.1) is 12.8 Å².